The van der Waals surface area contributed by atoms with Crippen molar-refractivity contribution in [2.75, 3.05) is 6.54 Å². The maximum Gasteiger partial charge on any atom is 0.282 e. The number of benzene rings is 1. The highest BCUT2D eigenvalue weighted by Gasteiger charge is 2.35. The van der Waals surface area contributed by atoms with E-state index in [1.807, 2.05) is 22.9 Å². The van der Waals surface area contributed by atoms with Crippen LogP contribution in [0, 0.1) is 10.1 Å². The minimum Gasteiger partial charge on any atom is -0.326 e. The van der Waals surface area contributed by atoms with Crippen molar-refractivity contribution in [1.29, 1.82) is 0 Å². The van der Waals surface area contributed by atoms with Gasteiger partial charge >= 0.3 is 0 Å². The molecule has 1 aliphatic heterocycles. The average Bonchev–Trinajstić information content (AvgIpc) is 3.31. The van der Waals surface area contributed by atoms with Crippen molar-refractivity contribution in [2.24, 2.45) is 0 Å². The van der Waals surface area contributed by atoms with Gasteiger partial charge < -0.3 is 4.90 Å². The van der Waals surface area contributed by atoms with Gasteiger partial charge in [-0.25, -0.2) is 0 Å². The number of nitro groups is 1. The first-order valence-corrected chi connectivity index (χ1v) is 9.57. The van der Waals surface area contributed by atoms with Gasteiger partial charge in [0.25, 0.3) is 11.6 Å². The zero-order valence-corrected chi connectivity index (χ0v) is 14.8. The first kappa shape index (κ1) is 16.0. The summed E-state index contributed by atoms with van der Waals surface area (Å²) in [7, 11) is 0. The van der Waals surface area contributed by atoms with Crippen LogP contribution in [0.2, 0.25) is 0 Å². The number of thiophene rings is 2. The van der Waals surface area contributed by atoms with Crippen LogP contribution in [-0.2, 0) is 6.42 Å². The van der Waals surface area contributed by atoms with Crippen molar-refractivity contribution in [3.8, 4) is 0 Å². The Hall–Kier alpha value is -2.51. The lowest BCUT2D eigenvalue weighted by Gasteiger charge is -2.35. The van der Waals surface area contributed by atoms with Crippen LogP contribution in [0.1, 0.15) is 31.7 Å². The molecule has 4 rings (SSSR count). The van der Waals surface area contributed by atoms with Crippen molar-refractivity contribution >= 4 is 34.3 Å². The van der Waals surface area contributed by atoms with Gasteiger partial charge in [-0.05, 0) is 40.9 Å². The lowest BCUT2D eigenvalue weighted by Crippen LogP contribution is -2.40. The minimum absolute atomic E-state index is 0.145. The monoisotopic (exact) mass is 370 g/mol. The van der Waals surface area contributed by atoms with Gasteiger partial charge in [-0.15, -0.1) is 22.7 Å². The Kier molecular flexibility index (Phi) is 4.10. The molecule has 1 amide bonds. The Morgan fingerprint density at radius 1 is 1.12 bits per heavy atom. The molecule has 3 heterocycles. The summed E-state index contributed by atoms with van der Waals surface area (Å²) < 4.78 is 0. The molecule has 3 aromatic rings. The number of fused-ring (bicyclic) bond motifs is 1. The zero-order valence-electron chi connectivity index (χ0n) is 13.1. The standard InChI is InChI=1S/C18H14N2O3S2/c21-18(12-4-1-2-5-14(12)20(22)23)19-9-7-15-13(8-11-25-15)17(19)16-6-3-10-24-16/h1-6,8,10-11,17H,7,9H2. The van der Waals surface area contributed by atoms with Gasteiger partial charge in [0.1, 0.15) is 5.56 Å². The molecule has 5 nitrogen and oxygen atoms in total. The van der Waals surface area contributed by atoms with Crippen LogP contribution in [0.15, 0.2) is 53.2 Å². The van der Waals surface area contributed by atoms with Gasteiger partial charge in [0, 0.05) is 22.4 Å². The molecule has 0 N–H and O–H groups in total. The second-order valence-electron chi connectivity index (χ2n) is 5.74. The number of para-hydroxylation sites is 1. The van der Waals surface area contributed by atoms with Crippen LogP contribution < -0.4 is 0 Å². The molecule has 0 radical (unpaired) electrons. The van der Waals surface area contributed by atoms with E-state index in [1.54, 1.807) is 39.7 Å². The number of carbonyl (C=O) groups is 1. The molecule has 1 atom stereocenters. The highest BCUT2D eigenvalue weighted by molar-refractivity contribution is 7.10. The van der Waals surface area contributed by atoms with Crippen molar-refractivity contribution < 1.29 is 9.72 Å². The molecule has 0 bridgehead atoms. The highest BCUT2D eigenvalue weighted by atomic mass is 32.1. The molecule has 1 unspecified atom stereocenters. The molecule has 0 saturated carbocycles. The maximum atomic E-state index is 13.2. The number of carbonyl (C=O) groups excluding carboxylic acids is 1. The molecule has 0 spiro atoms. The third-order valence-electron chi connectivity index (χ3n) is 4.37. The van der Waals surface area contributed by atoms with Crippen LogP contribution in [0.5, 0.6) is 0 Å². The quantitative estimate of drug-likeness (QED) is 0.503. The molecular formula is C18H14N2O3S2. The summed E-state index contributed by atoms with van der Waals surface area (Å²) in [5.74, 6) is -0.289. The van der Waals surface area contributed by atoms with E-state index in [0.29, 0.717) is 6.54 Å². The van der Waals surface area contributed by atoms with Crippen LogP contribution in [0.4, 0.5) is 5.69 Å². The van der Waals surface area contributed by atoms with Crippen LogP contribution in [0.3, 0.4) is 0 Å². The maximum absolute atomic E-state index is 13.2. The molecule has 126 valence electrons. The number of nitro benzene ring substituents is 1. The smallest absolute Gasteiger partial charge is 0.282 e. The van der Waals surface area contributed by atoms with Crippen molar-refractivity contribution in [1.82, 2.24) is 4.90 Å². The molecule has 25 heavy (non-hydrogen) atoms. The predicted molar refractivity (Wildman–Crippen MR) is 98.3 cm³/mol. The number of hydrogen-bond acceptors (Lipinski definition) is 5. The molecule has 2 aromatic heterocycles. The van der Waals surface area contributed by atoms with Gasteiger partial charge in [-0.3, -0.25) is 14.9 Å². The van der Waals surface area contributed by atoms with E-state index in [-0.39, 0.29) is 23.2 Å². The van der Waals surface area contributed by atoms with E-state index in [1.165, 1.54) is 17.0 Å². The van der Waals surface area contributed by atoms with E-state index < -0.39 is 4.92 Å². The van der Waals surface area contributed by atoms with Gasteiger partial charge in [0.05, 0.1) is 11.0 Å². The molecular weight excluding hydrogens is 356 g/mol. The number of amides is 1. The number of hydrogen-bond donors (Lipinski definition) is 0. The summed E-state index contributed by atoms with van der Waals surface area (Å²) >= 11 is 3.30. The summed E-state index contributed by atoms with van der Waals surface area (Å²) in [6.45, 7) is 0.557. The third-order valence-corrected chi connectivity index (χ3v) is 6.29. The zero-order chi connectivity index (χ0) is 17.4. The fraction of sp³-hybridized carbons (Fsp3) is 0.167. The Morgan fingerprint density at radius 2 is 1.96 bits per heavy atom. The second-order valence-corrected chi connectivity index (χ2v) is 7.72. The molecule has 7 heteroatoms. The van der Waals surface area contributed by atoms with Crippen LogP contribution in [-0.4, -0.2) is 22.3 Å². The Balaban J connectivity index is 1.79. The molecule has 1 aliphatic rings. The first-order chi connectivity index (χ1) is 12.2. The Bertz CT molecular complexity index is 933. The van der Waals surface area contributed by atoms with E-state index >= 15 is 0 Å². The lowest BCUT2D eigenvalue weighted by molar-refractivity contribution is -0.385. The molecule has 0 aliphatic carbocycles. The van der Waals surface area contributed by atoms with E-state index in [4.69, 9.17) is 0 Å². The summed E-state index contributed by atoms with van der Waals surface area (Å²) in [5, 5.41) is 15.4. The average molecular weight is 370 g/mol. The van der Waals surface area contributed by atoms with Crippen molar-refractivity contribution in [3.05, 3.63) is 84.2 Å². The number of nitrogens with zero attached hydrogens (tertiary/aromatic N) is 2. The summed E-state index contributed by atoms with van der Waals surface area (Å²) in [6, 6.07) is 12.0. The van der Waals surface area contributed by atoms with Crippen LogP contribution >= 0.6 is 22.7 Å². The van der Waals surface area contributed by atoms with Crippen molar-refractivity contribution in [3.63, 3.8) is 0 Å². The predicted octanol–water partition coefficient (Wildman–Crippen LogP) is 4.51. The first-order valence-electron chi connectivity index (χ1n) is 7.81. The summed E-state index contributed by atoms with van der Waals surface area (Å²) in [4.78, 5) is 28.1. The van der Waals surface area contributed by atoms with Gasteiger partial charge in [-0.1, -0.05) is 18.2 Å². The van der Waals surface area contributed by atoms with Gasteiger partial charge in [0.2, 0.25) is 0 Å². The topological polar surface area (TPSA) is 63.4 Å². The second kappa shape index (κ2) is 6.42. The highest BCUT2D eigenvalue weighted by Crippen LogP contribution is 2.40. The normalized spacial score (nSPS) is 16.5. The minimum atomic E-state index is -0.493. The SMILES string of the molecule is O=C(c1ccccc1[N+](=O)[O-])N1CCc2sccc2C1c1cccs1. The largest absolute Gasteiger partial charge is 0.326 e. The summed E-state index contributed by atoms with van der Waals surface area (Å²) in [6.07, 6.45) is 0.779. The number of rotatable bonds is 3. The van der Waals surface area contributed by atoms with Crippen LogP contribution in [0.25, 0.3) is 0 Å². The fourth-order valence-electron chi connectivity index (χ4n) is 3.26. The Morgan fingerprint density at radius 3 is 2.72 bits per heavy atom. The molecule has 1 aromatic carbocycles. The third kappa shape index (κ3) is 2.75. The van der Waals surface area contributed by atoms with E-state index in [2.05, 4.69) is 6.07 Å². The molecule has 0 fully saturated rings. The molecule has 0 saturated heterocycles. The van der Waals surface area contributed by atoms with Gasteiger partial charge in [0.15, 0.2) is 0 Å². The summed E-state index contributed by atoms with van der Waals surface area (Å²) in [5.41, 5.74) is 1.13. The van der Waals surface area contributed by atoms with E-state index in [9.17, 15) is 14.9 Å². The van der Waals surface area contributed by atoms with Gasteiger partial charge in [-0.2, -0.15) is 0 Å². The lowest BCUT2D eigenvalue weighted by atomic mass is 9.97. The van der Waals surface area contributed by atoms with E-state index in [0.717, 1.165) is 16.9 Å². The van der Waals surface area contributed by atoms with Crippen molar-refractivity contribution in [2.45, 2.75) is 12.5 Å². The Labute approximate surface area is 152 Å². The fourth-order valence-corrected chi connectivity index (χ4v) is 5.02.